The number of carbonyl (C=O) groups excluding carboxylic acids is 1. The Balaban J connectivity index is 2.58. The number of nitrogens with one attached hydrogen (secondary N) is 1. The van der Waals surface area contributed by atoms with Gasteiger partial charge in [0.1, 0.15) is 5.75 Å². The highest BCUT2D eigenvalue weighted by atomic mass is 16.5. The number of hydrogen-bond donors (Lipinski definition) is 1. The van der Waals surface area contributed by atoms with Gasteiger partial charge in [0.2, 0.25) is 0 Å². The second-order valence-electron chi connectivity index (χ2n) is 3.69. The maximum atomic E-state index is 11.3. The maximum absolute atomic E-state index is 11.3. The highest BCUT2D eigenvalue weighted by Crippen LogP contribution is 2.16. The summed E-state index contributed by atoms with van der Waals surface area (Å²) in [5, 5.41) is 3.20. The molecule has 1 aromatic rings. The van der Waals surface area contributed by atoms with Gasteiger partial charge in [-0.25, -0.2) is 4.79 Å². The molecule has 1 rings (SSSR count). The Labute approximate surface area is 108 Å². The fraction of sp³-hybridized carbons (Fsp3) is 0.357. The first kappa shape index (κ1) is 14.1. The van der Waals surface area contributed by atoms with Crippen LogP contribution < -0.4 is 10.1 Å². The van der Waals surface area contributed by atoms with E-state index in [1.807, 2.05) is 37.3 Å². The minimum Gasteiger partial charge on any atom is -0.497 e. The molecule has 0 aliphatic heterocycles. The van der Waals surface area contributed by atoms with Gasteiger partial charge in [-0.3, -0.25) is 0 Å². The first-order valence-electron chi connectivity index (χ1n) is 5.86. The number of methoxy groups -OCH3 is 2. The van der Waals surface area contributed by atoms with Crippen molar-refractivity contribution in [1.29, 1.82) is 0 Å². The first-order chi connectivity index (χ1) is 8.71. The van der Waals surface area contributed by atoms with E-state index in [1.165, 1.54) is 7.11 Å². The van der Waals surface area contributed by atoms with Crippen LogP contribution in [0.1, 0.15) is 13.3 Å². The molecule has 0 fully saturated rings. The van der Waals surface area contributed by atoms with Crippen molar-refractivity contribution < 1.29 is 14.3 Å². The summed E-state index contributed by atoms with van der Waals surface area (Å²) in [4.78, 5) is 11.3. The van der Waals surface area contributed by atoms with Gasteiger partial charge in [0.15, 0.2) is 0 Å². The van der Waals surface area contributed by atoms with Crippen molar-refractivity contribution in [3.05, 3.63) is 35.9 Å². The summed E-state index contributed by atoms with van der Waals surface area (Å²) in [7, 11) is 3.02. The third-order valence-corrected chi connectivity index (χ3v) is 2.55. The predicted molar refractivity (Wildman–Crippen MR) is 71.9 cm³/mol. The molecule has 0 radical (unpaired) electrons. The molecule has 0 bridgehead atoms. The van der Waals surface area contributed by atoms with Gasteiger partial charge in [-0.2, -0.15) is 0 Å². The molecule has 0 aliphatic carbocycles. The van der Waals surface area contributed by atoms with E-state index >= 15 is 0 Å². The Bertz CT molecular complexity index is 427. The lowest BCUT2D eigenvalue weighted by Crippen LogP contribution is -2.07. The van der Waals surface area contributed by atoms with Gasteiger partial charge in [0.05, 0.1) is 14.2 Å². The molecule has 0 heterocycles. The van der Waals surface area contributed by atoms with Gasteiger partial charge >= 0.3 is 5.97 Å². The standard InChI is InChI=1S/C14H19NO3/c1-4-11(14(16)18-3)8-9-15-12-6-5-7-13(10-12)17-2/h5-8,10,15H,4,9H2,1-3H3/b11-8-. The molecule has 1 N–H and O–H groups in total. The molecule has 0 spiro atoms. The van der Waals surface area contributed by atoms with Gasteiger partial charge in [-0.15, -0.1) is 0 Å². The second kappa shape index (κ2) is 7.37. The minimum absolute atomic E-state index is 0.273. The summed E-state index contributed by atoms with van der Waals surface area (Å²) in [5.41, 5.74) is 1.62. The van der Waals surface area contributed by atoms with E-state index in [2.05, 4.69) is 10.1 Å². The van der Waals surface area contributed by atoms with E-state index in [0.29, 0.717) is 18.5 Å². The topological polar surface area (TPSA) is 47.6 Å². The summed E-state index contributed by atoms with van der Waals surface area (Å²) in [6.07, 6.45) is 2.50. The van der Waals surface area contributed by atoms with Crippen LogP contribution in [0.2, 0.25) is 0 Å². The summed E-state index contributed by atoms with van der Waals surface area (Å²) in [6.45, 7) is 2.50. The number of hydrogen-bond acceptors (Lipinski definition) is 4. The lowest BCUT2D eigenvalue weighted by atomic mass is 10.2. The average Bonchev–Trinajstić information content (AvgIpc) is 2.43. The molecule has 4 nitrogen and oxygen atoms in total. The van der Waals surface area contributed by atoms with Crippen molar-refractivity contribution in [3.63, 3.8) is 0 Å². The van der Waals surface area contributed by atoms with Crippen molar-refractivity contribution in [3.8, 4) is 5.75 Å². The Morgan fingerprint density at radius 1 is 1.39 bits per heavy atom. The molecule has 4 heteroatoms. The summed E-state index contributed by atoms with van der Waals surface area (Å²) in [5.74, 6) is 0.526. The van der Waals surface area contributed by atoms with Crippen molar-refractivity contribution in [2.45, 2.75) is 13.3 Å². The van der Waals surface area contributed by atoms with Crippen molar-refractivity contribution in [1.82, 2.24) is 0 Å². The van der Waals surface area contributed by atoms with Crippen LogP contribution in [0.5, 0.6) is 5.75 Å². The molecule has 0 saturated heterocycles. The first-order valence-corrected chi connectivity index (χ1v) is 5.86. The number of anilines is 1. The molecule has 98 valence electrons. The summed E-state index contributed by atoms with van der Waals surface area (Å²) >= 11 is 0. The van der Waals surface area contributed by atoms with Gasteiger partial charge in [-0.1, -0.05) is 19.1 Å². The van der Waals surface area contributed by atoms with Crippen LogP contribution in [0.4, 0.5) is 5.69 Å². The average molecular weight is 249 g/mol. The second-order valence-corrected chi connectivity index (χ2v) is 3.69. The van der Waals surface area contributed by atoms with Crippen molar-refractivity contribution in [2.75, 3.05) is 26.1 Å². The van der Waals surface area contributed by atoms with Gasteiger partial charge < -0.3 is 14.8 Å². The molecule has 0 saturated carbocycles. The maximum Gasteiger partial charge on any atom is 0.333 e. The zero-order chi connectivity index (χ0) is 13.4. The van der Waals surface area contributed by atoms with E-state index < -0.39 is 0 Å². The van der Waals surface area contributed by atoms with E-state index in [0.717, 1.165) is 11.4 Å². The number of ether oxygens (including phenoxy) is 2. The molecule has 0 atom stereocenters. The lowest BCUT2D eigenvalue weighted by molar-refractivity contribution is -0.136. The highest BCUT2D eigenvalue weighted by Gasteiger charge is 2.05. The Kier molecular flexibility index (Phi) is 5.77. The fourth-order valence-electron chi connectivity index (χ4n) is 1.53. The third kappa shape index (κ3) is 4.13. The Morgan fingerprint density at radius 2 is 2.17 bits per heavy atom. The highest BCUT2D eigenvalue weighted by molar-refractivity contribution is 5.88. The Morgan fingerprint density at radius 3 is 2.78 bits per heavy atom. The van der Waals surface area contributed by atoms with E-state index in [9.17, 15) is 4.79 Å². The van der Waals surface area contributed by atoms with Crippen LogP contribution in [0.15, 0.2) is 35.9 Å². The summed E-state index contributed by atoms with van der Waals surface area (Å²) in [6, 6.07) is 7.64. The van der Waals surface area contributed by atoms with Crippen LogP contribution in [-0.2, 0) is 9.53 Å². The van der Waals surface area contributed by atoms with Crippen LogP contribution in [-0.4, -0.2) is 26.7 Å². The van der Waals surface area contributed by atoms with Crippen LogP contribution in [0.3, 0.4) is 0 Å². The predicted octanol–water partition coefficient (Wildman–Crippen LogP) is 2.62. The van der Waals surface area contributed by atoms with Gasteiger partial charge in [0, 0.05) is 23.9 Å². The van der Waals surface area contributed by atoms with E-state index in [-0.39, 0.29) is 5.97 Å². The lowest BCUT2D eigenvalue weighted by Gasteiger charge is -2.07. The smallest absolute Gasteiger partial charge is 0.333 e. The van der Waals surface area contributed by atoms with Gasteiger partial charge in [-0.05, 0) is 18.6 Å². The molecule has 18 heavy (non-hydrogen) atoms. The van der Waals surface area contributed by atoms with Crippen LogP contribution >= 0.6 is 0 Å². The SMILES string of the molecule is CC/C(=C/CNc1cccc(OC)c1)C(=O)OC. The normalized spacial score (nSPS) is 10.9. The number of carbonyl (C=O) groups is 1. The largest absolute Gasteiger partial charge is 0.497 e. The van der Waals surface area contributed by atoms with E-state index in [1.54, 1.807) is 7.11 Å². The molecule has 0 amide bonds. The number of rotatable bonds is 6. The Hall–Kier alpha value is -1.97. The molecule has 0 aliphatic rings. The molecule has 0 unspecified atom stereocenters. The number of benzene rings is 1. The monoisotopic (exact) mass is 249 g/mol. The number of esters is 1. The minimum atomic E-state index is -0.273. The van der Waals surface area contributed by atoms with Crippen LogP contribution in [0, 0.1) is 0 Å². The third-order valence-electron chi connectivity index (χ3n) is 2.55. The van der Waals surface area contributed by atoms with Gasteiger partial charge in [0.25, 0.3) is 0 Å². The van der Waals surface area contributed by atoms with Crippen molar-refractivity contribution >= 4 is 11.7 Å². The zero-order valence-corrected chi connectivity index (χ0v) is 11.0. The molecular formula is C14H19NO3. The molecule has 1 aromatic carbocycles. The van der Waals surface area contributed by atoms with Crippen molar-refractivity contribution in [2.24, 2.45) is 0 Å². The summed E-state index contributed by atoms with van der Waals surface area (Å²) < 4.78 is 9.82. The van der Waals surface area contributed by atoms with Crippen LogP contribution in [0.25, 0.3) is 0 Å². The molecule has 0 aromatic heterocycles. The zero-order valence-electron chi connectivity index (χ0n) is 11.0. The molecular weight excluding hydrogens is 230 g/mol. The quantitative estimate of drug-likeness (QED) is 0.622. The fourth-order valence-corrected chi connectivity index (χ4v) is 1.53. The van der Waals surface area contributed by atoms with E-state index in [4.69, 9.17) is 4.74 Å².